The Morgan fingerprint density at radius 1 is 1.06 bits per heavy atom. The van der Waals surface area contributed by atoms with E-state index >= 15 is 0 Å². The standard InChI is InChI=1S/C35H45N3O10/c1-4-22(40)48-31-24-20(16-47-18-10-5-6-11-18)19-12-9-13-21(39)23(19)29(41)25(24)32(43)35(46)27(31)28(37(2)3)30(42)26(33(35)44)34(45)36-17-38-14-7-8-15-38/h9,12-13,18,20,24,27-28,31,39,41,44,46H,4-8,10-11,14-17H2,1-3H3,(H,36,45). The van der Waals surface area contributed by atoms with E-state index < -0.39 is 76.0 Å². The van der Waals surface area contributed by atoms with Crippen molar-refractivity contribution in [2.45, 2.75) is 81.6 Å². The summed E-state index contributed by atoms with van der Waals surface area (Å²) in [5, 5.41) is 49.6. The number of fused-ring (bicyclic) bond motifs is 3. The minimum atomic E-state index is -2.96. The molecule has 4 aliphatic carbocycles. The van der Waals surface area contributed by atoms with Crippen LogP contribution in [0.4, 0.5) is 0 Å². The van der Waals surface area contributed by atoms with Gasteiger partial charge < -0.3 is 35.2 Å². The van der Waals surface area contributed by atoms with Crippen LogP contribution >= 0.6 is 0 Å². The molecule has 0 aromatic heterocycles. The van der Waals surface area contributed by atoms with Gasteiger partial charge in [-0.25, -0.2) is 0 Å². The van der Waals surface area contributed by atoms with Crippen LogP contribution in [0.15, 0.2) is 35.1 Å². The number of aliphatic hydroxyl groups is 3. The van der Waals surface area contributed by atoms with E-state index in [9.17, 15) is 39.6 Å². The number of carbonyl (C=O) groups excluding carboxylic acids is 4. The molecule has 3 fully saturated rings. The highest BCUT2D eigenvalue weighted by Crippen LogP contribution is 2.57. The van der Waals surface area contributed by atoms with Gasteiger partial charge in [0.2, 0.25) is 5.78 Å². The normalized spacial score (nSPS) is 30.8. The van der Waals surface area contributed by atoms with Crippen molar-refractivity contribution < 1.29 is 49.1 Å². The second-order valence-electron chi connectivity index (χ2n) is 13.8. The van der Waals surface area contributed by atoms with Crippen molar-refractivity contribution >= 4 is 29.2 Å². The number of carbonyl (C=O) groups is 4. The minimum absolute atomic E-state index is 0.0216. The molecule has 48 heavy (non-hydrogen) atoms. The van der Waals surface area contributed by atoms with Crippen LogP contribution in [-0.4, -0.2) is 118 Å². The van der Waals surface area contributed by atoms with Crippen molar-refractivity contribution in [3.63, 3.8) is 0 Å². The molecule has 1 aliphatic heterocycles. The zero-order valence-electron chi connectivity index (χ0n) is 27.6. The molecular weight excluding hydrogens is 622 g/mol. The number of nitrogens with one attached hydrogen (secondary N) is 1. The molecule has 5 N–H and O–H groups in total. The summed E-state index contributed by atoms with van der Waals surface area (Å²) in [4.78, 5) is 59.1. The first-order valence-electron chi connectivity index (χ1n) is 16.9. The Morgan fingerprint density at radius 3 is 2.40 bits per heavy atom. The summed E-state index contributed by atoms with van der Waals surface area (Å²) < 4.78 is 12.4. The van der Waals surface area contributed by atoms with Crippen molar-refractivity contribution in [2.24, 2.45) is 11.8 Å². The van der Waals surface area contributed by atoms with Gasteiger partial charge in [0.05, 0.1) is 36.9 Å². The first-order chi connectivity index (χ1) is 22.9. The molecule has 1 aromatic rings. The fraction of sp³-hybridized carbons (Fsp3) is 0.600. The number of amides is 1. The van der Waals surface area contributed by atoms with E-state index in [0.29, 0.717) is 5.56 Å². The Balaban J connectivity index is 1.54. The van der Waals surface area contributed by atoms with Gasteiger partial charge in [0, 0.05) is 23.8 Å². The number of phenols is 1. The van der Waals surface area contributed by atoms with Crippen molar-refractivity contribution in [1.82, 2.24) is 15.1 Å². The fourth-order valence-electron chi connectivity index (χ4n) is 8.43. The number of nitrogens with zero attached hydrogens (tertiary/aromatic N) is 2. The molecule has 6 atom stereocenters. The lowest BCUT2D eigenvalue weighted by molar-refractivity contribution is -0.186. The van der Waals surface area contributed by atoms with Crippen LogP contribution in [0, 0.1) is 11.8 Å². The number of benzene rings is 1. The molecule has 260 valence electrons. The van der Waals surface area contributed by atoms with Gasteiger partial charge in [0.25, 0.3) is 5.91 Å². The predicted octanol–water partition coefficient (Wildman–Crippen LogP) is 2.08. The summed E-state index contributed by atoms with van der Waals surface area (Å²) in [5.41, 5.74) is -3.71. The minimum Gasteiger partial charge on any atom is -0.508 e. The lowest BCUT2D eigenvalue weighted by Crippen LogP contribution is -2.71. The average molecular weight is 668 g/mol. The summed E-state index contributed by atoms with van der Waals surface area (Å²) in [5.74, 6) is -9.28. The largest absolute Gasteiger partial charge is 0.508 e. The molecule has 5 aliphatic rings. The Bertz CT molecular complexity index is 1560. The molecule has 1 aromatic carbocycles. The second kappa shape index (κ2) is 13.3. The van der Waals surface area contributed by atoms with Gasteiger partial charge in [-0.2, -0.15) is 0 Å². The molecular formula is C35H45N3O10. The topological polar surface area (TPSA) is 186 Å². The highest BCUT2D eigenvalue weighted by Gasteiger charge is 2.70. The third-order valence-corrected chi connectivity index (χ3v) is 10.8. The zero-order chi connectivity index (χ0) is 34.5. The maximum atomic E-state index is 14.8. The van der Waals surface area contributed by atoms with Crippen LogP contribution in [0.5, 0.6) is 5.75 Å². The molecule has 1 saturated heterocycles. The molecule has 0 bridgehead atoms. The van der Waals surface area contributed by atoms with Crippen LogP contribution in [0.25, 0.3) is 5.76 Å². The van der Waals surface area contributed by atoms with Crippen LogP contribution in [-0.2, 0) is 28.7 Å². The summed E-state index contributed by atoms with van der Waals surface area (Å²) in [7, 11) is 3.07. The number of ether oxygens (including phenoxy) is 2. The van der Waals surface area contributed by atoms with E-state index in [1.54, 1.807) is 19.1 Å². The fourth-order valence-corrected chi connectivity index (χ4v) is 8.43. The molecule has 13 heteroatoms. The summed E-state index contributed by atoms with van der Waals surface area (Å²) in [6.07, 6.45) is 3.99. The Hall–Kier alpha value is -3.78. The third-order valence-electron chi connectivity index (χ3n) is 10.8. The molecule has 2 saturated carbocycles. The third kappa shape index (κ3) is 5.50. The number of esters is 1. The SMILES string of the molecule is CCC(=O)OC1C2C(=C(O)c3c(O)cccc3C2COC2CCCC2)C(=O)C2(O)C(O)=C(C(=O)NCN3CCCC3)C(=O)C(N(C)C)C12. The highest BCUT2D eigenvalue weighted by molar-refractivity contribution is 6.25. The van der Waals surface area contributed by atoms with Crippen LogP contribution < -0.4 is 5.32 Å². The van der Waals surface area contributed by atoms with E-state index in [1.807, 2.05) is 4.90 Å². The van der Waals surface area contributed by atoms with Crippen LogP contribution in [0.2, 0.25) is 0 Å². The number of likely N-dealkylation sites (N-methyl/N-ethyl adjacent to an activating group) is 1. The Kier molecular flexibility index (Phi) is 9.42. The predicted molar refractivity (Wildman–Crippen MR) is 172 cm³/mol. The van der Waals surface area contributed by atoms with Crippen molar-refractivity contribution in [1.29, 1.82) is 0 Å². The second-order valence-corrected chi connectivity index (χ2v) is 13.8. The van der Waals surface area contributed by atoms with E-state index in [0.717, 1.165) is 51.6 Å². The highest BCUT2D eigenvalue weighted by atomic mass is 16.5. The summed E-state index contributed by atoms with van der Waals surface area (Å²) >= 11 is 0. The monoisotopic (exact) mass is 667 g/mol. The van der Waals surface area contributed by atoms with Gasteiger partial charge in [-0.3, -0.25) is 29.0 Å². The quantitative estimate of drug-likeness (QED) is 0.191. The van der Waals surface area contributed by atoms with Crippen molar-refractivity contribution in [2.75, 3.05) is 40.5 Å². The smallest absolute Gasteiger partial charge is 0.305 e. The molecule has 0 spiro atoms. The first kappa shape index (κ1) is 34.1. The lowest BCUT2D eigenvalue weighted by atomic mass is 9.54. The van der Waals surface area contributed by atoms with Gasteiger partial charge >= 0.3 is 5.97 Å². The summed E-state index contributed by atoms with van der Waals surface area (Å²) in [6.45, 7) is 3.16. The summed E-state index contributed by atoms with van der Waals surface area (Å²) in [6, 6.07) is 3.23. The van der Waals surface area contributed by atoms with E-state index in [2.05, 4.69) is 5.32 Å². The number of rotatable bonds is 9. The van der Waals surface area contributed by atoms with E-state index in [4.69, 9.17) is 9.47 Å². The molecule has 1 heterocycles. The molecule has 0 radical (unpaired) electrons. The maximum absolute atomic E-state index is 14.8. The van der Waals surface area contributed by atoms with Crippen LogP contribution in [0.3, 0.4) is 0 Å². The maximum Gasteiger partial charge on any atom is 0.305 e. The average Bonchev–Trinajstić information content (AvgIpc) is 3.78. The van der Waals surface area contributed by atoms with E-state index in [-0.39, 0.29) is 42.7 Å². The number of hydrogen-bond donors (Lipinski definition) is 5. The number of phenolic OH excluding ortho intramolecular Hbond substituents is 1. The van der Waals surface area contributed by atoms with Gasteiger partial charge in [-0.05, 0) is 64.5 Å². The molecule has 6 rings (SSSR count). The zero-order valence-corrected chi connectivity index (χ0v) is 27.6. The van der Waals surface area contributed by atoms with Crippen molar-refractivity contribution in [3.05, 3.63) is 46.2 Å². The first-order valence-corrected chi connectivity index (χ1v) is 16.9. The van der Waals surface area contributed by atoms with Gasteiger partial charge in [-0.15, -0.1) is 0 Å². The van der Waals surface area contributed by atoms with E-state index in [1.165, 1.54) is 25.1 Å². The van der Waals surface area contributed by atoms with Crippen molar-refractivity contribution in [3.8, 4) is 5.75 Å². The van der Waals surface area contributed by atoms with Gasteiger partial charge in [-0.1, -0.05) is 31.9 Å². The van der Waals surface area contributed by atoms with Gasteiger partial charge in [0.1, 0.15) is 28.9 Å². The molecule has 6 unspecified atom stereocenters. The Morgan fingerprint density at radius 2 is 1.75 bits per heavy atom. The number of aromatic hydroxyl groups is 1. The number of hydrogen-bond acceptors (Lipinski definition) is 12. The lowest BCUT2D eigenvalue weighted by Gasteiger charge is -2.54. The molecule has 1 amide bonds. The number of ketones is 2. The molecule has 13 nitrogen and oxygen atoms in total. The number of Topliss-reactive ketones (excluding diaryl/α,β-unsaturated/α-hetero) is 2. The number of aliphatic hydroxyl groups excluding tert-OH is 2. The van der Waals surface area contributed by atoms with Gasteiger partial charge in [0.15, 0.2) is 11.4 Å². The Labute approximate surface area is 279 Å². The van der Waals surface area contributed by atoms with Crippen LogP contribution in [0.1, 0.15) is 68.9 Å². The number of likely N-dealkylation sites (tertiary alicyclic amines) is 1.